The van der Waals surface area contributed by atoms with E-state index >= 15 is 0 Å². The Labute approximate surface area is 132 Å². The van der Waals surface area contributed by atoms with Crippen molar-refractivity contribution in [2.24, 2.45) is 0 Å². The van der Waals surface area contributed by atoms with E-state index in [1.807, 2.05) is 6.07 Å². The summed E-state index contributed by atoms with van der Waals surface area (Å²) in [4.78, 5) is 0.606. The summed E-state index contributed by atoms with van der Waals surface area (Å²) in [6.45, 7) is 0. The van der Waals surface area contributed by atoms with Gasteiger partial charge in [0.05, 0.1) is 21.4 Å². The lowest BCUT2D eigenvalue weighted by atomic mass is 10.2. The van der Waals surface area contributed by atoms with Crippen molar-refractivity contribution in [2.45, 2.75) is 10.6 Å². The lowest BCUT2D eigenvalue weighted by molar-refractivity contribution is 0.683. The second-order valence-electron chi connectivity index (χ2n) is 3.91. The fourth-order valence-electron chi connectivity index (χ4n) is 1.58. The van der Waals surface area contributed by atoms with Crippen LogP contribution in [0.2, 0.25) is 10.0 Å². The molecule has 0 amide bonds. The Hall–Kier alpha value is -0.550. The van der Waals surface area contributed by atoms with Crippen LogP contribution in [0.15, 0.2) is 45.8 Å². The molecule has 0 aliphatic rings. The van der Waals surface area contributed by atoms with Gasteiger partial charge in [-0.2, -0.15) is 0 Å². The van der Waals surface area contributed by atoms with E-state index < -0.39 is 10.8 Å². The number of anilines is 1. The van der Waals surface area contributed by atoms with Crippen LogP contribution in [0.3, 0.4) is 0 Å². The number of rotatable bonds is 3. The van der Waals surface area contributed by atoms with E-state index in [2.05, 4.69) is 15.9 Å². The van der Waals surface area contributed by atoms with Crippen LogP contribution >= 0.6 is 39.1 Å². The summed E-state index contributed by atoms with van der Waals surface area (Å²) in [5, 5.41) is 1.07. The maximum Gasteiger partial charge on any atom is 0.0621 e. The molecule has 0 aliphatic heterocycles. The van der Waals surface area contributed by atoms with Crippen molar-refractivity contribution in [3.63, 3.8) is 0 Å². The van der Waals surface area contributed by atoms with Crippen LogP contribution in [-0.2, 0) is 16.6 Å². The van der Waals surface area contributed by atoms with Gasteiger partial charge < -0.3 is 5.73 Å². The van der Waals surface area contributed by atoms with Crippen molar-refractivity contribution >= 4 is 55.6 Å². The molecule has 0 heterocycles. The highest BCUT2D eigenvalue weighted by Crippen LogP contribution is 2.26. The van der Waals surface area contributed by atoms with Gasteiger partial charge in [-0.05, 0) is 35.9 Å². The highest BCUT2D eigenvalue weighted by molar-refractivity contribution is 9.10. The Kier molecular flexibility index (Phi) is 4.90. The summed E-state index contributed by atoms with van der Waals surface area (Å²) in [6, 6.07) is 10.4. The van der Waals surface area contributed by atoms with E-state index in [9.17, 15) is 4.21 Å². The lowest BCUT2D eigenvalue weighted by Crippen LogP contribution is -2.01. The summed E-state index contributed by atoms with van der Waals surface area (Å²) >= 11 is 15.2. The first kappa shape index (κ1) is 14.9. The molecule has 0 aliphatic carbocycles. The van der Waals surface area contributed by atoms with Crippen LogP contribution in [0.4, 0.5) is 5.69 Å². The fourth-order valence-corrected chi connectivity index (χ4v) is 3.75. The van der Waals surface area contributed by atoms with Gasteiger partial charge in [0.1, 0.15) is 0 Å². The van der Waals surface area contributed by atoms with E-state index in [-0.39, 0.29) is 0 Å². The molecule has 0 saturated carbocycles. The Morgan fingerprint density at radius 3 is 2.53 bits per heavy atom. The molecule has 0 saturated heterocycles. The molecule has 19 heavy (non-hydrogen) atoms. The number of halogens is 3. The molecule has 2 N–H and O–H groups in total. The van der Waals surface area contributed by atoms with Gasteiger partial charge in [-0.25, -0.2) is 0 Å². The van der Waals surface area contributed by atoms with Gasteiger partial charge in [-0.1, -0.05) is 45.2 Å². The predicted molar refractivity (Wildman–Crippen MR) is 85.1 cm³/mol. The molecular formula is C13H10BrCl2NOS. The average Bonchev–Trinajstić information content (AvgIpc) is 2.32. The molecule has 1 atom stereocenters. The molecule has 0 fully saturated rings. The molecule has 0 aromatic heterocycles. The summed E-state index contributed by atoms with van der Waals surface area (Å²) in [5.41, 5.74) is 7.14. The van der Waals surface area contributed by atoms with E-state index in [1.54, 1.807) is 30.3 Å². The van der Waals surface area contributed by atoms with Crippen molar-refractivity contribution in [3.8, 4) is 0 Å². The molecule has 2 aromatic rings. The number of hydrogen-bond acceptors (Lipinski definition) is 2. The molecular weight excluding hydrogens is 369 g/mol. The highest BCUT2D eigenvalue weighted by Gasteiger charge is 2.11. The third-order valence-corrected chi connectivity index (χ3v) is 5.03. The van der Waals surface area contributed by atoms with Crippen molar-refractivity contribution < 1.29 is 4.21 Å². The van der Waals surface area contributed by atoms with Gasteiger partial charge in [-0.3, -0.25) is 4.21 Å². The maximum atomic E-state index is 12.3. The number of benzene rings is 2. The Morgan fingerprint density at radius 1 is 1.16 bits per heavy atom. The van der Waals surface area contributed by atoms with Crippen LogP contribution in [0.1, 0.15) is 5.56 Å². The fraction of sp³-hybridized carbons (Fsp3) is 0.0769. The van der Waals surface area contributed by atoms with Crippen LogP contribution in [0.5, 0.6) is 0 Å². The first-order chi connectivity index (χ1) is 8.97. The van der Waals surface area contributed by atoms with Crippen molar-refractivity contribution in [1.29, 1.82) is 0 Å². The van der Waals surface area contributed by atoms with Crippen molar-refractivity contribution in [3.05, 3.63) is 56.5 Å². The summed E-state index contributed by atoms with van der Waals surface area (Å²) in [6.07, 6.45) is 0. The Morgan fingerprint density at radius 2 is 1.89 bits per heavy atom. The van der Waals surface area contributed by atoms with E-state index in [0.29, 0.717) is 26.4 Å². The molecule has 2 nitrogen and oxygen atoms in total. The van der Waals surface area contributed by atoms with Crippen molar-refractivity contribution in [2.75, 3.05) is 5.73 Å². The third-order valence-electron chi connectivity index (χ3n) is 2.52. The van der Waals surface area contributed by atoms with Gasteiger partial charge in [0.25, 0.3) is 0 Å². The first-order valence-corrected chi connectivity index (χ1v) is 8.21. The zero-order chi connectivity index (χ0) is 14.0. The molecule has 6 heteroatoms. The third kappa shape index (κ3) is 3.72. The molecule has 0 spiro atoms. The minimum atomic E-state index is -1.24. The van der Waals surface area contributed by atoms with Gasteiger partial charge in [0.2, 0.25) is 0 Å². The lowest BCUT2D eigenvalue weighted by Gasteiger charge is -2.08. The van der Waals surface area contributed by atoms with E-state index in [0.717, 1.165) is 10.0 Å². The van der Waals surface area contributed by atoms with Crippen LogP contribution in [0, 0.1) is 0 Å². The van der Waals surface area contributed by atoms with Gasteiger partial charge in [0.15, 0.2) is 0 Å². The second-order valence-corrected chi connectivity index (χ2v) is 7.09. The van der Waals surface area contributed by atoms with Crippen LogP contribution in [0.25, 0.3) is 0 Å². The molecule has 1 unspecified atom stereocenters. The largest absolute Gasteiger partial charge is 0.398 e. The standard InChI is InChI=1S/C13H10BrCl2NOS/c14-9-2-4-13(12(17)5-9)19(18)7-8-1-3-10(15)6-11(8)16/h1-6H,7,17H2. The Bertz CT molecular complexity index is 649. The average molecular weight is 379 g/mol. The second kappa shape index (κ2) is 6.27. The smallest absolute Gasteiger partial charge is 0.0621 e. The molecule has 2 rings (SSSR count). The monoisotopic (exact) mass is 377 g/mol. The SMILES string of the molecule is Nc1cc(Br)ccc1S(=O)Cc1ccc(Cl)cc1Cl. The van der Waals surface area contributed by atoms with Crippen molar-refractivity contribution in [1.82, 2.24) is 0 Å². The molecule has 2 aromatic carbocycles. The molecule has 0 bridgehead atoms. The zero-order valence-corrected chi connectivity index (χ0v) is 13.6. The number of hydrogen-bond donors (Lipinski definition) is 1. The minimum Gasteiger partial charge on any atom is -0.398 e. The van der Waals surface area contributed by atoms with Gasteiger partial charge >= 0.3 is 0 Å². The van der Waals surface area contributed by atoms with Gasteiger partial charge in [0, 0.05) is 20.2 Å². The number of nitrogens with two attached hydrogens (primary N) is 1. The summed E-state index contributed by atoms with van der Waals surface area (Å²) in [5.74, 6) is 0.307. The van der Waals surface area contributed by atoms with Crippen LogP contribution in [-0.4, -0.2) is 4.21 Å². The summed E-state index contributed by atoms with van der Waals surface area (Å²) in [7, 11) is -1.24. The van der Waals surface area contributed by atoms with E-state index in [1.165, 1.54) is 0 Å². The maximum absolute atomic E-state index is 12.3. The van der Waals surface area contributed by atoms with Gasteiger partial charge in [-0.15, -0.1) is 0 Å². The molecule has 100 valence electrons. The topological polar surface area (TPSA) is 43.1 Å². The predicted octanol–water partition coefficient (Wildman–Crippen LogP) is 4.65. The number of nitrogen functional groups attached to an aromatic ring is 1. The normalized spacial score (nSPS) is 12.4. The Balaban J connectivity index is 2.25. The van der Waals surface area contributed by atoms with Crippen LogP contribution < -0.4 is 5.73 Å². The highest BCUT2D eigenvalue weighted by atomic mass is 79.9. The van der Waals surface area contributed by atoms with E-state index in [4.69, 9.17) is 28.9 Å². The first-order valence-electron chi connectivity index (χ1n) is 5.34. The minimum absolute atomic E-state index is 0.307. The quantitative estimate of drug-likeness (QED) is 0.790. The molecule has 0 radical (unpaired) electrons. The zero-order valence-electron chi connectivity index (χ0n) is 9.70. The summed E-state index contributed by atoms with van der Waals surface area (Å²) < 4.78 is 13.2.